The Bertz CT molecular complexity index is 862. The van der Waals surface area contributed by atoms with Crippen molar-refractivity contribution >= 4 is 32.9 Å². The molecule has 0 saturated carbocycles. The summed E-state index contributed by atoms with van der Waals surface area (Å²) in [6.45, 7) is 5.79. The fourth-order valence-corrected chi connectivity index (χ4v) is 5.69. The van der Waals surface area contributed by atoms with Gasteiger partial charge in [0, 0.05) is 52.0 Å². The zero-order valence-corrected chi connectivity index (χ0v) is 16.9. The largest absolute Gasteiger partial charge is 0.382 e. The first-order valence-electron chi connectivity index (χ1n) is 9.36. The van der Waals surface area contributed by atoms with Gasteiger partial charge in [0.15, 0.2) is 5.82 Å². The first-order valence-corrected chi connectivity index (χ1v) is 11.7. The van der Waals surface area contributed by atoms with Crippen LogP contribution < -0.4 is 14.9 Å². The van der Waals surface area contributed by atoms with Crippen LogP contribution in [0.1, 0.15) is 12.0 Å². The molecular weight excluding hydrogens is 382 g/mol. The molecule has 1 saturated heterocycles. The molecule has 2 aromatic rings. The van der Waals surface area contributed by atoms with E-state index in [0.717, 1.165) is 51.5 Å². The average molecular weight is 408 g/mol. The van der Waals surface area contributed by atoms with Gasteiger partial charge in [0.25, 0.3) is 0 Å². The van der Waals surface area contributed by atoms with Crippen LogP contribution in [0, 0.1) is 0 Å². The molecule has 2 aromatic heterocycles. The second-order valence-electron chi connectivity index (χ2n) is 6.86. The molecule has 1 fully saturated rings. The number of aromatic nitrogens is 1. The maximum absolute atomic E-state index is 12.2. The van der Waals surface area contributed by atoms with E-state index in [1.54, 1.807) is 17.5 Å². The van der Waals surface area contributed by atoms with Crippen LogP contribution in [0.3, 0.4) is 0 Å². The number of hydrogen-bond donors (Lipinski definition) is 2. The quantitative estimate of drug-likeness (QED) is 0.758. The van der Waals surface area contributed by atoms with Crippen molar-refractivity contribution in [3.63, 3.8) is 0 Å². The molecule has 146 valence electrons. The highest BCUT2D eigenvalue weighted by Gasteiger charge is 2.23. The zero-order valence-electron chi connectivity index (χ0n) is 15.2. The average Bonchev–Trinajstić information content (AvgIpc) is 3.24. The Labute approximate surface area is 164 Å². The SMILES string of the molecule is O=S(=O)(NCCN1CCN(c2nccc3c2NCCC3)CC1)c1cccs1. The van der Waals surface area contributed by atoms with Crippen LogP contribution in [0.25, 0.3) is 0 Å². The molecule has 9 heteroatoms. The van der Waals surface area contributed by atoms with E-state index in [0.29, 0.717) is 10.8 Å². The Hall–Kier alpha value is -1.68. The zero-order chi connectivity index (χ0) is 18.7. The summed E-state index contributed by atoms with van der Waals surface area (Å²) in [5, 5.41) is 5.29. The van der Waals surface area contributed by atoms with Crippen molar-refractivity contribution in [3.8, 4) is 0 Å². The van der Waals surface area contributed by atoms with Crippen LogP contribution in [-0.4, -0.2) is 64.1 Å². The standard InChI is InChI=1S/C18H25N5O2S2/c24-27(25,16-4-2-14-26-16)21-8-9-22-10-12-23(13-11-22)18-17-15(5-7-20-18)3-1-6-19-17/h2,4-5,7,14,19,21H,1,3,6,8-13H2. The summed E-state index contributed by atoms with van der Waals surface area (Å²) in [7, 11) is -3.37. The van der Waals surface area contributed by atoms with Gasteiger partial charge in [-0.2, -0.15) is 0 Å². The van der Waals surface area contributed by atoms with E-state index >= 15 is 0 Å². The molecule has 0 spiro atoms. The highest BCUT2D eigenvalue weighted by molar-refractivity contribution is 7.91. The maximum atomic E-state index is 12.2. The van der Waals surface area contributed by atoms with Gasteiger partial charge in [-0.3, -0.25) is 4.90 Å². The van der Waals surface area contributed by atoms with Crippen molar-refractivity contribution in [3.05, 3.63) is 35.3 Å². The fraction of sp³-hybridized carbons (Fsp3) is 0.500. The highest BCUT2D eigenvalue weighted by Crippen LogP contribution is 2.31. The van der Waals surface area contributed by atoms with E-state index in [2.05, 4.69) is 30.9 Å². The summed E-state index contributed by atoms with van der Waals surface area (Å²) >= 11 is 1.24. The van der Waals surface area contributed by atoms with Crippen molar-refractivity contribution < 1.29 is 8.42 Å². The van der Waals surface area contributed by atoms with Gasteiger partial charge in [-0.25, -0.2) is 18.1 Å². The molecule has 0 unspecified atom stereocenters. The molecular formula is C18H25N5O2S2. The molecule has 0 bridgehead atoms. The van der Waals surface area contributed by atoms with Crippen molar-refractivity contribution in [2.45, 2.75) is 17.1 Å². The molecule has 2 aliphatic heterocycles. The predicted molar refractivity (Wildman–Crippen MR) is 109 cm³/mol. The third-order valence-corrected chi connectivity index (χ3v) is 7.95. The number of aryl methyl sites for hydroxylation is 1. The third kappa shape index (κ3) is 4.26. The highest BCUT2D eigenvalue weighted by atomic mass is 32.2. The van der Waals surface area contributed by atoms with Crippen LogP contribution >= 0.6 is 11.3 Å². The smallest absolute Gasteiger partial charge is 0.250 e. The molecule has 0 amide bonds. The van der Waals surface area contributed by atoms with Gasteiger partial charge in [0.1, 0.15) is 4.21 Å². The van der Waals surface area contributed by atoms with Gasteiger partial charge in [0.2, 0.25) is 10.0 Å². The second-order valence-corrected chi connectivity index (χ2v) is 9.80. The van der Waals surface area contributed by atoms with E-state index in [1.807, 2.05) is 6.20 Å². The number of hydrogen-bond acceptors (Lipinski definition) is 7. The normalized spacial score (nSPS) is 18.1. The topological polar surface area (TPSA) is 77.6 Å². The molecule has 7 nitrogen and oxygen atoms in total. The monoisotopic (exact) mass is 407 g/mol. The molecule has 2 aliphatic rings. The predicted octanol–water partition coefficient (Wildman–Crippen LogP) is 1.60. The molecule has 0 aromatic carbocycles. The molecule has 4 rings (SSSR count). The van der Waals surface area contributed by atoms with Crippen molar-refractivity contribution in [1.29, 1.82) is 0 Å². The number of pyridine rings is 1. The Morgan fingerprint density at radius 1 is 1.22 bits per heavy atom. The molecule has 0 radical (unpaired) electrons. The minimum Gasteiger partial charge on any atom is -0.382 e. The van der Waals surface area contributed by atoms with Gasteiger partial charge in [0.05, 0.1) is 5.69 Å². The number of rotatable bonds is 6. The lowest BCUT2D eigenvalue weighted by atomic mass is 10.0. The van der Waals surface area contributed by atoms with E-state index in [1.165, 1.54) is 29.0 Å². The molecule has 27 heavy (non-hydrogen) atoms. The lowest BCUT2D eigenvalue weighted by Crippen LogP contribution is -2.49. The van der Waals surface area contributed by atoms with Crippen LogP contribution in [0.5, 0.6) is 0 Å². The first-order chi connectivity index (χ1) is 13.1. The number of thiophene rings is 1. The molecule has 4 heterocycles. The van der Waals surface area contributed by atoms with Gasteiger partial charge < -0.3 is 10.2 Å². The Balaban J connectivity index is 1.29. The number of nitrogens with one attached hydrogen (secondary N) is 2. The molecule has 2 N–H and O–H groups in total. The van der Waals surface area contributed by atoms with Gasteiger partial charge >= 0.3 is 0 Å². The summed E-state index contributed by atoms with van der Waals surface area (Å²) < 4.78 is 27.4. The first kappa shape index (κ1) is 18.7. The van der Waals surface area contributed by atoms with Crippen molar-refractivity contribution in [2.24, 2.45) is 0 Å². The molecule has 0 aliphatic carbocycles. The van der Waals surface area contributed by atoms with Gasteiger partial charge in [-0.15, -0.1) is 11.3 Å². The Morgan fingerprint density at radius 3 is 2.85 bits per heavy atom. The van der Waals surface area contributed by atoms with Gasteiger partial charge in [-0.05, 0) is 35.9 Å². The summed E-state index contributed by atoms with van der Waals surface area (Å²) in [6, 6.07) is 5.50. The Morgan fingerprint density at radius 2 is 2.07 bits per heavy atom. The van der Waals surface area contributed by atoms with E-state index < -0.39 is 10.0 Å². The van der Waals surface area contributed by atoms with Crippen molar-refractivity contribution in [1.82, 2.24) is 14.6 Å². The lowest BCUT2D eigenvalue weighted by molar-refractivity contribution is 0.261. The Kier molecular flexibility index (Phi) is 5.63. The number of anilines is 2. The van der Waals surface area contributed by atoms with E-state index in [4.69, 9.17) is 0 Å². The molecule has 0 atom stereocenters. The van der Waals surface area contributed by atoms with Crippen LogP contribution in [0.2, 0.25) is 0 Å². The number of sulfonamides is 1. The minimum absolute atomic E-state index is 0.375. The fourth-order valence-electron chi connectivity index (χ4n) is 3.63. The van der Waals surface area contributed by atoms with Crippen LogP contribution in [0.4, 0.5) is 11.5 Å². The lowest BCUT2D eigenvalue weighted by Gasteiger charge is -2.37. The second kappa shape index (κ2) is 8.14. The number of nitrogens with zero attached hydrogens (tertiary/aromatic N) is 3. The van der Waals surface area contributed by atoms with Gasteiger partial charge in [-0.1, -0.05) is 6.07 Å². The number of piperazine rings is 1. The van der Waals surface area contributed by atoms with Crippen LogP contribution in [-0.2, 0) is 16.4 Å². The number of fused-ring (bicyclic) bond motifs is 1. The van der Waals surface area contributed by atoms with E-state index in [9.17, 15) is 8.42 Å². The third-order valence-electron chi connectivity index (χ3n) is 5.09. The summed E-state index contributed by atoms with van der Waals surface area (Å²) in [4.78, 5) is 9.26. The minimum atomic E-state index is -3.37. The summed E-state index contributed by atoms with van der Waals surface area (Å²) in [5.41, 5.74) is 2.55. The summed E-state index contributed by atoms with van der Waals surface area (Å²) in [6.07, 6.45) is 4.20. The maximum Gasteiger partial charge on any atom is 0.250 e. The summed E-state index contributed by atoms with van der Waals surface area (Å²) in [5.74, 6) is 1.06. The van der Waals surface area contributed by atoms with Crippen LogP contribution in [0.15, 0.2) is 34.0 Å². The van der Waals surface area contributed by atoms with E-state index in [-0.39, 0.29) is 0 Å². The van der Waals surface area contributed by atoms with Crippen molar-refractivity contribution in [2.75, 3.05) is 56.0 Å².